The van der Waals surface area contributed by atoms with Crippen molar-refractivity contribution in [3.05, 3.63) is 65.0 Å². The first-order valence-electron chi connectivity index (χ1n) is 14.5. The number of fused-ring (bicyclic) bond motifs is 3. The molecule has 2 amide bonds. The van der Waals surface area contributed by atoms with Crippen molar-refractivity contribution in [3.8, 4) is 0 Å². The molecular formula is C29H28F8N2O5S2. The Bertz CT molecular complexity index is 1760. The summed E-state index contributed by atoms with van der Waals surface area (Å²) < 4.78 is 162. The number of hydrogen-bond acceptors (Lipinski definition) is 5. The predicted molar refractivity (Wildman–Crippen MR) is 147 cm³/mol. The SMILES string of the molecule is O=C(N(C1CC1)C1CCS(=O)(=O)C1)N1CC[C@@]2(S(=O)(=O)c3ccc(F)cc3)c3ccc(C(F)(C(F)(F)F)C(F)(F)F)cc3CC[C@@H]12. The van der Waals surface area contributed by atoms with Gasteiger partial charge in [0, 0.05) is 24.2 Å². The monoisotopic (exact) mass is 700 g/mol. The average molecular weight is 701 g/mol. The van der Waals surface area contributed by atoms with Gasteiger partial charge in [0.2, 0.25) is 0 Å². The highest BCUT2D eigenvalue weighted by atomic mass is 32.2. The van der Waals surface area contributed by atoms with E-state index in [0.717, 1.165) is 30.3 Å². The molecule has 46 heavy (non-hydrogen) atoms. The van der Waals surface area contributed by atoms with Gasteiger partial charge < -0.3 is 9.80 Å². The fourth-order valence-corrected chi connectivity index (χ4v) is 11.5. The molecule has 3 atom stereocenters. The zero-order valence-electron chi connectivity index (χ0n) is 23.9. The van der Waals surface area contributed by atoms with Crippen molar-refractivity contribution in [1.82, 2.24) is 9.80 Å². The lowest BCUT2D eigenvalue weighted by Crippen LogP contribution is -2.56. The number of carbonyl (C=O) groups is 1. The fraction of sp³-hybridized carbons (Fsp3) is 0.552. The summed E-state index contributed by atoms with van der Waals surface area (Å²) >= 11 is 0. The molecule has 3 fully saturated rings. The van der Waals surface area contributed by atoms with Crippen LogP contribution in [0.15, 0.2) is 47.4 Å². The summed E-state index contributed by atoms with van der Waals surface area (Å²) in [4.78, 5) is 16.5. The third kappa shape index (κ3) is 4.89. The van der Waals surface area contributed by atoms with Gasteiger partial charge in [-0.05, 0) is 73.9 Å². The zero-order chi connectivity index (χ0) is 33.7. The van der Waals surface area contributed by atoms with Crippen molar-refractivity contribution in [3.63, 3.8) is 0 Å². The number of amides is 2. The second-order valence-electron chi connectivity index (χ2n) is 12.3. The Labute approximate surface area is 259 Å². The van der Waals surface area contributed by atoms with Crippen LogP contribution in [0.4, 0.5) is 39.9 Å². The first kappa shape index (κ1) is 33.0. The van der Waals surface area contributed by atoms with E-state index in [-0.39, 0.29) is 67.0 Å². The van der Waals surface area contributed by atoms with Crippen LogP contribution in [0.5, 0.6) is 0 Å². The van der Waals surface area contributed by atoms with Gasteiger partial charge in [-0.2, -0.15) is 26.3 Å². The van der Waals surface area contributed by atoms with Gasteiger partial charge in [0.05, 0.1) is 22.4 Å². The molecule has 17 heteroatoms. The smallest absolute Gasteiger partial charge is 0.320 e. The molecule has 1 saturated carbocycles. The number of alkyl halides is 7. The quantitative estimate of drug-likeness (QED) is 0.301. The second-order valence-corrected chi connectivity index (χ2v) is 16.8. The third-order valence-electron chi connectivity index (χ3n) is 9.68. The van der Waals surface area contributed by atoms with Gasteiger partial charge in [0.1, 0.15) is 10.6 Å². The number of nitrogens with zero attached hydrogens (tertiary/aromatic N) is 2. The van der Waals surface area contributed by atoms with Crippen LogP contribution in [0.2, 0.25) is 0 Å². The lowest BCUT2D eigenvalue weighted by atomic mass is 9.77. The molecule has 0 aromatic heterocycles. The molecule has 2 aromatic rings. The first-order chi connectivity index (χ1) is 21.2. The molecule has 2 heterocycles. The lowest BCUT2D eigenvalue weighted by molar-refractivity contribution is -0.348. The Balaban J connectivity index is 1.48. The van der Waals surface area contributed by atoms with Gasteiger partial charge in [-0.25, -0.2) is 30.4 Å². The molecule has 2 aliphatic heterocycles. The molecule has 2 aromatic carbocycles. The zero-order valence-corrected chi connectivity index (χ0v) is 25.5. The summed E-state index contributed by atoms with van der Waals surface area (Å²) in [7, 11) is -8.05. The number of halogens is 8. The fourth-order valence-electron chi connectivity index (χ4n) is 7.39. The van der Waals surface area contributed by atoms with Crippen LogP contribution in [0.25, 0.3) is 0 Å². The van der Waals surface area contributed by atoms with Crippen molar-refractivity contribution in [2.45, 2.75) is 84.3 Å². The van der Waals surface area contributed by atoms with Crippen LogP contribution in [0.1, 0.15) is 48.8 Å². The summed E-state index contributed by atoms with van der Waals surface area (Å²) in [6.45, 7) is -0.189. The number of likely N-dealkylation sites (tertiary alicyclic amines) is 1. The minimum atomic E-state index is -6.38. The largest absolute Gasteiger partial charge is 0.435 e. The molecule has 0 bridgehead atoms. The van der Waals surface area contributed by atoms with E-state index in [9.17, 15) is 52.4 Å². The molecule has 0 radical (unpaired) electrons. The van der Waals surface area contributed by atoms with Crippen LogP contribution >= 0.6 is 0 Å². The van der Waals surface area contributed by atoms with Gasteiger partial charge in [-0.15, -0.1) is 0 Å². The maximum atomic E-state index is 15.0. The molecule has 4 aliphatic rings. The molecule has 6 rings (SSSR count). The van der Waals surface area contributed by atoms with Crippen LogP contribution in [0.3, 0.4) is 0 Å². The molecule has 2 saturated heterocycles. The number of hydrogen-bond donors (Lipinski definition) is 0. The number of sulfone groups is 2. The summed E-state index contributed by atoms with van der Waals surface area (Å²) in [5.41, 5.74) is -7.93. The predicted octanol–water partition coefficient (Wildman–Crippen LogP) is 5.58. The Morgan fingerprint density at radius 1 is 0.891 bits per heavy atom. The summed E-state index contributed by atoms with van der Waals surface area (Å²) in [6.07, 6.45) is -12.2. The van der Waals surface area contributed by atoms with E-state index in [4.69, 9.17) is 0 Å². The van der Waals surface area contributed by atoms with Gasteiger partial charge in [-0.3, -0.25) is 0 Å². The topological polar surface area (TPSA) is 91.8 Å². The number of aryl methyl sites for hydroxylation is 1. The molecule has 252 valence electrons. The maximum Gasteiger partial charge on any atom is 0.435 e. The minimum Gasteiger partial charge on any atom is -0.320 e. The van der Waals surface area contributed by atoms with E-state index in [1.165, 1.54) is 9.80 Å². The standard InChI is InChI=1S/C29H28F8N2O5S2/c30-19-3-7-22(8-4-19)46(43,44)26-12-13-38(25(40)39(20-5-6-20)21-11-14-45(41,42)16-21)24(26)10-1-17-15-18(2-9-23(17)26)27(31,28(32,33)34)29(35,36)37/h2-4,7-9,15,20-21,24H,1,5-6,10-14,16H2/t21?,24-,26-/m1/s1. The van der Waals surface area contributed by atoms with E-state index in [0.29, 0.717) is 18.9 Å². The highest BCUT2D eigenvalue weighted by Gasteiger charge is 2.74. The van der Waals surface area contributed by atoms with Crippen LogP contribution < -0.4 is 0 Å². The van der Waals surface area contributed by atoms with Crippen molar-refractivity contribution >= 4 is 25.7 Å². The van der Waals surface area contributed by atoms with Gasteiger partial charge >= 0.3 is 24.1 Å². The highest BCUT2D eigenvalue weighted by Crippen LogP contribution is 2.57. The van der Waals surface area contributed by atoms with Crippen molar-refractivity contribution in [2.75, 3.05) is 18.1 Å². The molecule has 0 spiro atoms. The lowest BCUT2D eigenvalue weighted by Gasteiger charge is -2.44. The number of benzene rings is 2. The Hall–Kier alpha value is -2.95. The number of carbonyl (C=O) groups excluding carboxylic acids is 1. The van der Waals surface area contributed by atoms with Crippen molar-refractivity contribution in [2.24, 2.45) is 0 Å². The normalized spacial score (nSPS) is 26.5. The Morgan fingerprint density at radius 3 is 2.07 bits per heavy atom. The van der Waals surface area contributed by atoms with Crippen LogP contribution in [-0.2, 0) is 36.5 Å². The van der Waals surface area contributed by atoms with E-state index in [1.54, 1.807) is 0 Å². The van der Waals surface area contributed by atoms with Gasteiger partial charge in [0.15, 0.2) is 19.7 Å². The maximum absolute atomic E-state index is 15.0. The van der Waals surface area contributed by atoms with E-state index in [1.807, 2.05) is 0 Å². The van der Waals surface area contributed by atoms with Gasteiger partial charge in [-0.1, -0.05) is 18.2 Å². The summed E-state index contributed by atoms with van der Waals surface area (Å²) in [6, 6.07) is 2.42. The van der Waals surface area contributed by atoms with Crippen LogP contribution in [-0.4, -0.2) is 81.2 Å². The number of urea groups is 1. The highest BCUT2D eigenvalue weighted by molar-refractivity contribution is 7.92. The number of rotatable bonds is 5. The minimum absolute atomic E-state index is 0.123. The van der Waals surface area contributed by atoms with E-state index >= 15 is 4.39 Å². The Morgan fingerprint density at radius 2 is 1.52 bits per heavy atom. The molecule has 7 nitrogen and oxygen atoms in total. The summed E-state index contributed by atoms with van der Waals surface area (Å²) in [5, 5.41) is 0. The van der Waals surface area contributed by atoms with E-state index in [2.05, 4.69) is 0 Å². The molecule has 2 aliphatic carbocycles. The van der Waals surface area contributed by atoms with Crippen molar-refractivity contribution in [1.29, 1.82) is 0 Å². The third-order valence-corrected chi connectivity index (χ3v) is 14.0. The van der Waals surface area contributed by atoms with Crippen molar-refractivity contribution < 1.29 is 56.8 Å². The average Bonchev–Trinajstić information content (AvgIpc) is 3.60. The Kier molecular flexibility index (Phi) is 7.54. The van der Waals surface area contributed by atoms with Gasteiger partial charge in [0.25, 0.3) is 0 Å². The van der Waals surface area contributed by atoms with E-state index < -0.39 is 76.8 Å². The molecule has 0 N–H and O–H groups in total. The van der Waals surface area contributed by atoms with Crippen LogP contribution in [0, 0.1) is 5.82 Å². The second kappa shape index (κ2) is 10.5. The molecular weight excluding hydrogens is 672 g/mol. The summed E-state index contributed by atoms with van der Waals surface area (Å²) in [5.74, 6) is -1.15. The molecule has 1 unspecified atom stereocenters. The first-order valence-corrected chi connectivity index (χ1v) is 17.8.